The Balaban J connectivity index is 1.75. The van der Waals surface area contributed by atoms with Crippen LogP contribution in [0.3, 0.4) is 0 Å². The van der Waals surface area contributed by atoms with Crippen LogP contribution in [0.4, 0.5) is 9.59 Å². The molecule has 1 aliphatic rings. The average molecular weight is 341 g/mol. The number of hydrogen-bond acceptors (Lipinski definition) is 5. The van der Waals surface area contributed by atoms with E-state index in [0.29, 0.717) is 26.1 Å². The van der Waals surface area contributed by atoms with Gasteiger partial charge in [0.25, 0.3) is 10.0 Å². The van der Waals surface area contributed by atoms with Crippen molar-refractivity contribution in [1.29, 1.82) is 0 Å². The maximum atomic E-state index is 12.0. The molecule has 0 spiro atoms. The predicted octanol–water partition coefficient (Wildman–Crippen LogP) is 0.825. The van der Waals surface area contributed by atoms with Crippen molar-refractivity contribution in [3.05, 3.63) is 29.8 Å². The fourth-order valence-corrected chi connectivity index (χ4v) is 2.96. The average Bonchev–Trinajstić information content (AvgIpc) is 2.89. The van der Waals surface area contributed by atoms with E-state index in [9.17, 15) is 18.0 Å². The van der Waals surface area contributed by atoms with Gasteiger partial charge in [-0.1, -0.05) is 17.7 Å². The van der Waals surface area contributed by atoms with Crippen molar-refractivity contribution in [3.8, 4) is 0 Å². The van der Waals surface area contributed by atoms with Gasteiger partial charge in [0.1, 0.15) is 6.61 Å². The van der Waals surface area contributed by atoms with Gasteiger partial charge < -0.3 is 15.0 Å². The van der Waals surface area contributed by atoms with Crippen LogP contribution in [-0.2, 0) is 14.8 Å². The number of amides is 3. The van der Waals surface area contributed by atoms with Crippen LogP contribution in [0.1, 0.15) is 12.0 Å². The van der Waals surface area contributed by atoms with Gasteiger partial charge in [-0.15, -0.1) is 0 Å². The van der Waals surface area contributed by atoms with Crippen LogP contribution in [0.25, 0.3) is 0 Å². The molecular weight excluding hydrogens is 322 g/mol. The maximum Gasteiger partial charge on any atom is 0.409 e. The quantitative estimate of drug-likeness (QED) is 0.746. The summed E-state index contributed by atoms with van der Waals surface area (Å²) >= 11 is 0. The Kier molecular flexibility index (Phi) is 5.43. The van der Waals surface area contributed by atoms with E-state index >= 15 is 0 Å². The first-order valence-corrected chi connectivity index (χ1v) is 8.66. The van der Waals surface area contributed by atoms with E-state index in [-0.39, 0.29) is 17.5 Å². The van der Waals surface area contributed by atoms with Crippen LogP contribution in [0.15, 0.2) is 29.2 Å². The van der Waals surface area contributed by atoms with Gasteiger partial charge in [0.2, 0.25) is 0 Å². The first-order chi connectivity index (χ1) is 10.9. The number of nitrogens with zero attached hydrogens (tertiary/aromatic N) is 1. The number of sulfonamides is 1. The largest absolute Gasteiger partial charge is 0.448 e. The topological polar surface area (TPSA) is 105 Å². The van der Waals surface area contributed by atoms with E-state index < -0.39 is 16.1 Å². The smallest absolute Gasteiger partial charge is 0.409 e. The standard InChI is InChI=1S/C14H19N3O5S/c1-11-3-5-12(6-4-11)23(20,21)16-13(18)15-7-2-8-17-9-10-22-14(17)19/h3-6H,2,7-10H2,1H3,(H2,15,16,18). The highest BCUT2D eigenvalue weighted by molar-refractivity contribution is 7.90. The molecule has 23 heavy (non-hydrogen) atoms. The van der Waals surface area contributed by atoms with E-state index in [4.69, 9.17) is 4.74 Å². The summed E-state index contributed by atoms with van der Waals surface area (Å²) in [5, 5.41) is 2.45. The number of aryl methyl sites for hydroxylation is 1. The van der Waals surface area contributed by atoms with Crippen LogP contribution < -0.4 is 10.0 Å². The third-order valence-electron chi connectivity index (χ3n) is 3.29. The molecule has 3 amide bonds. The van der Waals surface area contributed by atoms with Crippen LogP contribution in [0, 0.1) is 6.92 Å². The van der Waals surface area contributed by atoms with Crippen LogP contribution >= 0.6 is 0 Å². The first-order valence-electron chi connectivity index (χ1n) is 7.17. The normalized spacial score (nSPS) is 14.5. The summed E-state index contributed by atoms with van der Waals surface area (Å²) in [7, 11) is -3.88. The number of benzene rings is 1. The summed E-state index contributed by atoms with van der Waals surface area (Å²) in [6.07, 6.45) is 0.143. The summed E-state index contributed by atoms with van der Waals surface area (Å²) in [6.45, 7) is 3.45. The monoisotopic (exact) mass is 341 g/mol. The van der Waals surface area contributed by atoms with Gasteiger partial charge in [0, 0.05) is 13.1 Å². The van der Waals surface area contributed by atoms with E-state index in [1.807, 2.05) is 11.6 Å². The molecule has 9 heteroatoms. The summed E-state index contributed by atoms with van der Waals surface area (Å²) in [4.78, 5) is 24.4. The molecule has 0 unspecified atom stereocenters. The van der Waals surface area contributed by atoms with Gasteiger partial charge in [-0.2, -0.15) is 0 Å². The van der Waals surface area contributed by atoms with Crippen molar-refractivity contribution in [2.24, 2.45) is 0 Å². The van der Waals surface area contributed by atoms with Crippen LogP contribution in [0.2, 0.25) is 0 Å². The summed E-state index contributed by atoms with van der Waals surface area (Å²) in [6, 6.07) is 5.38. The lowest BCUT2D eigenvalue weighted by atomic mass is 10.2. The third kappa shape index (κ3) is 4.85. The summed E-state index contributed by atoms with van der Waals surface area (Å²) in [5.74, 6) is 0. The molecule has 2 N–H and O–H groups in total. The molecule has 126 valence electrons. The second kappa shape index (κ2) is 7.32. The number of urea groups is 1. The van der Waals surface area contributed by atoms with Crippen LogP contribution in [0.5, 0.6) is 0 Å². The summed E-state index contributed by atoms with van der Waals surface area (Å²) < 4.78 is 30.7. The van der Waals surface area contributed by atoms with Gasteiger partial charge >= 0.3 is 12.1 Å². The highest BCUT2D eigenvalue weighted by Gasteiger charge is 2.21. The molecule has 0 aromatic heterocycles. The molecule has 1 aromatic carbocycles. The number of nitrogens with one attached hydrogen (secondary N) is 2. The molecule has 2 rings (SSSR count). The third-order valence-corrected chi connectivity index (χ3v) is 4.64. The Hall–Kier alpha value is -2.29. The molecule has 0 aliphatic carbocycles. The SMILES string of the molecule is Cc1ccc(S(=O)(=O)NC(=O)NCCCN2CCOC2=O)cc1. The molecular formula is C14H19N3O5S. The minimum absolute atomic E-state index is 0.0260. The lowest BCUT2D eigenvalue weighted by molar-refractivity contribution is 0.158. The zero-order valence-corrected chi connectivity index (χ0v) is 13.6. The maximum absolute atomic E-state index is 12.0. The van der Waals surface area contributed by atoms with Crippen molar-refractivity contribution in [2.45, 2.75) is 18.2 Å². The second-order valence-corrected chi connectivity index (χ2v) is 6.81. The van der Waals surface area contributed by atoms with E-state index in [1.54, 1.807) is 12.1 Å². The first kappa shape index (κ1) is 17.1. The van der Waals surface area contributed by atoms with E-state index in [1.165, 1.54) is 17.0 Å². The number of rotatable bonds is 6. The molecule has 0 bridgehead atoms. The molecule has 0 atom stereocenters. The zero-order chi connectivity index (χ0) is 16.9. The molecule has 0 saturated carbocycles. The highest BCUT2D eigenvalue weighted by atomic mass is 32.2. The number of hydrogen-bond donors (Lipinski definition) is 2. The fourth-order valence-electron chi connectivity index (χ4n) is 2.04. The van der Waals surface area contributed by atoms with Crippen molar-refractivity contribution in [1.82, 2.24) is 14.9 Å². The lowest BCUT2D eigenvalue weighted by Crippen LogP contribution is -2.40. The van der Waals surface area contributed by atoms with Crippen LogP contribution in [-0.4, -0.2) is 51.7 Å². The predicted molar refractivity (Wildman–Crippen MR) is 82.4 cm³/mol. The Morgan fingerprint density at radius 2 is 2.00 bits per heavy atom. The van der Waals surface area contributed by atoms with Gasteiger partial charge in [-0.25, -0.2) is 22.7 Å². The lowest BCUT2D eigenvalue weighted by Gasteiger charge is -2.13. The molecule has 1 aliphatic heterocycles. The second-order valence-electron chi connectivity index (χ2n) is 5.13. The van der Waals surface area contributed by atoms with Gasteiger partial charge in [-0.05, 0) is 25.5 Å². The van der Waals surface area contributed by atoms with E-state index in [2.05, 4.69) is 5.32 Å². The molecule has 1 heterocycles. The molecule has 1 saturated heterocycles. The minimum atomic E-state index is -3.88. The molecule has 0 radical (unpaired) electrons. The van der Waals surface area contributed by atoms with Crippen molar-refractivity contribution in [2.75, 3.05) is 26.2 Å². The number of carbonyl (C=O) groups is 2. The van der Waals surface area contributed by atoms with Crippen molar-refractivity contribution in [3.63, 3.8) is 0 Å². The number of cyclic esters (lactones) is 1. The highest BCUT2D eigenvalue weighted by Crippen LogP contribution is 2.09. The minimum Gasteiger partial charge on any atom is -0.448 e. The van der Waals surface area contributed by atoms with Gasteiger partial charge in [0.05, 0.1) is 11.4 Å². The molecule has 1 aromatic rings. The molecule has 8 nitrogen and oxygen atoms in total. The number of ether oxygens (including phenoxy) is 1. The number of carbonyl (C=O) groups excluding carboxylic acids is 2. The Morgan fingerprint density at radius 3 is 2.61 bits per heavy atom. The Labute approximate surface area is 134 Å². The Morgan fingerprint density at radius 1 is 1.30 bits per heavy atom. The van der Waals surface area contributed by atoms with Gasteiger partial charge in [-0.3, -0.25) is 0 Å². The molecule has 1 fully saturated rings. The summed E-state index contributed by atoms with van der Waals surface area (Å²) in [5.41, 5.74) is 0.925. The van der Waals surface area contributed by atoms with Gasteiger partial charge in [0.15, 0.2) is 0 Å². The van der Waals surface area contributed by atoms with E-state index in [0.717, 1.165) is 5.56 Å². The van der Waals surface area contributed by atoms with Crippen molar-refractivity contribution >= 4 is 22.1 Å². The zero-order valence-electron chi connectivity index (χ0n) is 12.7. The fraction of sp³-hybridized carbons (Fsp3) is 0.429. The Bertz CT molecular complexity index is 672. The van der Waals surface area contributed by atoms with Crippen molar-refractivity contribution < 1.29 is 22.7 Å².